The SMILES string of the molecule is NC(=NCC1CCCC1(F)F)Nc1ccccc1OC(F)(F)F. The molecular formula is C14H16F5N3O. The Morgan fingerprint density at radius 3 is 2.65 bits per heavy atom. The van der Waals surface area contributed by atoms with Crippen LogP contribution in [0.2, 0.25) is 0 Å². The second kappa shape index (κ2) is 6.59. The van der Waals surface area contributed by atoms with Gasteiger partial charge in [-0.05, 0) is 25.0 Å². The van der Waals surface area contributed by atoms with Crippen LogP contribution in [0, 0.1) is 5.92 Å². The molecule has 1 unspecified atom stereocenters. The Kier molecular flexibility index (Phi) is 4.96. The lowest BCUT2D eigenvalue weighted by molar-refractivity contribution is -0.274. The third kappa shape index (κ3) is 4.97. The summed E-state index contributed by atoms with van der Waals surface area (Å²) in [5.74, 6) is -4.40. The van der Waals surface area contributed by atoms with Crippen molar-refractivity contribution < 1.29 is 26.7 Å². The van der Waals surface area contributed by atoms with Gasteiger partial charge < -0.3 is 15.8 Å². The summed E-state index contributed by atoms with van der Waals surface area (Å²) < 4.78 is 67.7. The average molecular weight is 337 g/mol. The molecule has 0 aliphatic heterocycles. The maximum atomic E-state index is 13.5. The second-order valence-corrected chi connectivity index (χ2v) is 5.25. The highest BCUT2D eigenvalue weighted by Gasteiger charge is 2.43. The van der Waals surface area contributed by atoms with Gasteiger partial charge in [0, 0.05) is 12.3 Å². The van der Waals surface area contributed by atoms with Crippen LogP contribution in [-0.2, 0) is 0 Å². The Labute approximate surface area is 129 Å². The highest BCUT2D eigenvalue weighted by molar-refractivity contribution is 5.93. The lowest BCUT2D eigenvalue weighted by atomic mass is 10.1. The van der Waals surface area contributed by atoms with Crippen LogP contribution in [0.25, 0.3) is 0 Å². The number of ether oxygens (including phenoxy) is 1. The number of nitrogens with two attached hydrogens (primary N) is 1. The number of halogens is 5. The van der Waals surface area contributed by atoms with Crippen molar-refractivity contribution in [1.82, 2.24) is 0 Å². The summed E-state index contributed by atoms with van der Waals surface area (Å²) in [6.07, 6.45) is -4.27. The molecule has 1 aromatic rings. The van der Waals surface area contributed by atoms with Gasteiger partial charge >= 0.3 is 6.36 Å². The summed E-state index contributed by atoms with van der Waals surface area (Å²) in [6.45, 7) is -0.186. The molecule has 23 heavy (non-hydrogen) atoms. The van der Waals surface area contributed by atoms with Crippen LogP contribution < -0.4 is 15.8 Å². The average Bonchev–Trinajstić information content (AvgIpc) is 2.76. The van der Waals surface area contributed by atoms with Crippen LogP contribution in [0.3, 0.4) is 0 Å². The minimum atomic E-state index is -4.85. The molecule has 0 amide bonds. The molecule has 0 saturated heterocycles. The largest absolute Gasteiger partial charge is 0.573 e. The van der Waals surface area contributed by atoms with Crippen LogP contribution in [-0.4, -0.2) is 24.8 Å². The van der Waals surface area contributed by atoms with E-state index in [0.29, 0.717) is 12.8 Å². The zero-order chi connectivity index (χ0) is 17.1. The van der Waals surface area contributed by atoms with E-state index in [2.05, 4.69) is 15.0 Å². The van der Waals surface area contributed by atoms with Crippen molar-refractivity contribution >= 4 is 11.6 Å². The van der Waals surface area contributed by atoms with Gasteiger partial charge in [-0.3, -0.25) is 4.99 Å². The summed E-state index contributed by atoms with van der Waals surface area (Å²) in [5.41, 5.74) is 5.51. The maximum Gasteiger partial charge on any atom is 0.573 e. The monoisotopic (exact) mass is 337 g/mol. The molecule has 1 aliphatic carbocycles. The van der Waals surface area contributed by atoms with E-state index in [1.54, 1.807) is 0 Å². The Balaban J connectivity index is 2.02. The van der Waals surface area contributed by atoms with E-state index in [1.807, 2.05) is 0 Å². The number of guanidine groups is 1. The smallest absolute Gasteiger partial charge is 0.404 e. The summed E-state index contributed by atoms with van der Waals surface area (Å²) in [6, 6.07) is 5.25. The first-order valence-corrected chi connectivity index (χ1v) is 6.97. The number of para-hydroxylation sites is 2. The first kappa shape index (κ1) is 17.3. The van der Waals surface area contributed by atoms with Crippen molar-refractivity contribution in [3.63, 3.8) is 0 Å². The first-order valence-electron chi connectivity index (χ1n) is 6.97. The van der Waals surface area contributed by atoms with Crippen molar-refractivity contribution in [2.24, 2.45) is 16.6 Å². The van der Waals surface area contributed by atoms with Crippen molar-refractivity contribution in [3.8, 4) is 5.75 Å². The fourth-order valence-electron chi connectivity index (χ4n) is 2.39. The molecule has 0 radical (unpaired) electrons. The van der Waals surface area contributed by atoms with Crippen molar-refractivity contribution in [2.75, 3.05) is 11.9 Å². The molecule has 1 atom stereocenters. The molecule has 0 aromatic heterocycles. The number of nitrogens with zero attached hydrogens (tertiary/aromatic N) is 1. The Morgan fingerprint density at radius 1 is 1.35 bits per heavy atom. The van der Waals surface area contributed by atoms with Gasteiger partial charge in [-0.1, -0.05) is 12.1 Å². The van der Waals surface area contributed by atoms with Crippen molar-refractivity contribution in [3.05, 3.63) is 24.3 Å². The highest BCUT2D eigenvalue weighted by Crippen LogP contribution is 2.40. The summed E-state index contributed by atoms with van der Waals surface area (Å²) in [5, 5.41) is 2.44. The molecule has 9 heteroatoms. The Morgan fingerprint density at radius 2 is 2.04 bits per heavy atom. The van der Waals surface area contributed by atoms with Gasteiger partial charge in [0.25, 0.3) is 5.92 Å². The van der Waals surface area contributed by atoms with Gasteiger partial charge in [0.2, 0.25) is 0 Å². The minimum Gasteiger partial charge on any atom is -0.404 e. The maximum absolute atomic E-state index is 13.5. The Hall–Kier alpha value is -2.06. The van der Waals surface area contributed by atoms with Crippen molar-refractivity contribution in [1.29, 1.82) is 0 Å². The molecule has 1 saturated carbocycles. The lowest BCUT2D eigenvalue weighted by Crippen LogP contribution is -2.28. The van der Waals surface area contributed by atoms with E-state index in [9.17, 15) is 22.0 Å². The molecule has 2 rings (SSSR count). The lowest BCUT2D eigenvalue weighted by Gasteiger charge is -2.17. The molecule has 0 spiro atoms. The van der Waals surface area contributed by atoms with Gasteiger partial charge in [0.1, 0.15) is 0 Å². The van der Waals surface area contributed by atoms with Crippen LogP contribution in [0.1, 0.15) is 19.3 Å². The van der Waals surface area contributed by atoms with E-state index >= 15 is 0 Å². The fourth-order valence-corrected chi connectivity index (χ4v) is 2.39. The molecule has 4 nitrogen and oxygen atoms in total. The van der Waals surface area contributed by atoms with Crippen LogP contribution in [0.15, 0.2) is 29.3 Å². The number of aliphatic imine (C=N–C) groups is 1. The molecule has 1 aliphatic rings. The van der Waals surface area contributed by atoms with E-state index in [0.717, 1.165) is 6.07 Å². The number of anilines is 1. The van der Waals surface area contributed by atoms with E-state index in [1.165, 1.54) is 18.2 Å². The predicted molar refractivity (Wildman–Crippen MR) is 75.5 cm³/mol. The number of hydrogen-bond acceptors (Lipinski definition) is 2. The molecule has 128 valence electrons. The number of nitrogens with one attached hydrogen (secondary N) is 1. The van der Waals surface area contributed by atoms with Gasteiger partial charge in [-0.15, -0.1) is 13.2 Å². The third-order valence-corrected chi connectivity index (χ3v) is 3.52. The Bertz CT molecular complexity index is 574. The van der Waals surface area contributed by atoms with E-state index in [-0.39, 0.29) is 24.6 Å². The minimum absolute atomic E-state index is 0.0516. The molecule has 1 aromatic carbocycles. The van der Waals surface area contributed by atoms with Crippen LogP contribution in [0.4, 0.5) is 27.6 Å². The standard InChI is InChI=1S/C14H16F5N3O/c15-13(16)7-3-4-9(13)8-21-12(20)22-10-5-1-2-6-11(10)23-14(17,18)19/h1-2,5-6,9H,3-4,7-8H2,(H3,20,21,22). The molecule has 0 heterocycles. The fraction of sp³-hybridized carbons (Fsp3) is 0.500. The van der Waals surface area contributed by atoms with Crippen LogP contribution >= 0.6 is 0 Å². The number of hydrogen-bond donors (Lipinski definition) is 2. The highest BCUT2D eigenvalue weighted by atomic mass is 19.4. The quantitative estimate of drug-likeness (QED) is 0.500. The van der Waals surface area contributed by atoms with Crippen LogP contribution in [0.5, 0.6) is 5.75 Å². The van der Waals surface area contributed by atoms with Gasteiger partial charge in [0.15, 0.2) is 11.7 Å². The predicted octanol–water partition coefficient (Wildman–Crippen LogP) is 3.75. The topological polar surface area (TPSA) is 59.6 Å². The summed E-state index contributed by atoms with van der Waals surface area (Å²) in [4.78, 5) is 3.80. The molecule has 0 bridgehead atoms. The summed E-state index contributed by atoms with van der Waals surface area (Å²) in [7, 11) is 0. The van der Waals surface area contributed by atoms with E-state index < -0.39 is 24.0 Å². The van der Waals surface area contributed by atoms with Gasteiger partial charge in [0.05, 0.1) is 12.2 Å². The molecule has 1 fully saturated rings. The van der Waals surface area contributed by atoms with Gasteiger partial charge in [-0.25, -0.2) is 8.78 Å². The zero-order valence-electron chi connectivity index (χ0n) is 12.0. The number of benzene rings is 1. The molecule has 3 N–H and O–H groups in total. The first-order chi connectivity index (χ1) is 10.7. The normalized spacial score (nSPS) is 21.3. The zero-order valence-corrected chi connectivity index (χ0v) is 12.0. The van der Waals surface area contributed by atoms with E-state index in [4.69, 9.17) is 5.73 Å². The van der Waals surface area contributed by atoms with Gasteiger partial charge in [-0.2, -0.15) is 0 Å². The number of rotatable bonds is 4. The summed E-state index contributed by atoms with van der Waals surface area (Å²) >= 11 is 0. The third-order valence-electron chi connectivity index (χ3n) is 3.52. The number of alkyl halides is 5. The molecular weight excluding hydrogens is 321 g/mol. The van der Waals surface area contributed by atoms with Crippen molar-refractivity contribution in [2.45, 2.75) is 31.5 Å². The second-order valence-electron chi connectivity index (χ2n) is 5.25.